The van der Waals surface area contributed by atoms with Crippen LogP contribution in [0.2, 0.25) is 0 Å². The molecule has 3 heterocycles. The van der Waals surface area contributed by atoms with E-state index in [0.29, 0.717) is 22.7 Å². The van der Waals surface area contributed by atoms with Gasteiger partial charge in [-0.15, -0.1) is 0 Å². The highest BCUT2D eigenvalue weighted by atomic mass is 16.7. The molecule has 12 heteroatoms. The average molecular weight is 763 g/mol. The standard InChI is InChI=1S/C45H38N4O8/c1-53-37-23-17-33(18-24-37)45(32-9-5-3-6-10-32,34-19-25-38(54-2)26-20-34)56-29-44-28-55-39(40(44)50)42(57-44)49-27-31(41(51)46-43(49)52)16-13-30-14-21-36(22-15-30)48-47-35-11-7-4-8-12-35/h3-12,14-15,17-27,39-40,42,50H,28-29H2,1-2H3,(H,46,51,52)/t39-,40+,42-,44-/m1/s1. The van der Waals surface area contributed by atoms with Crippen molar-refractivity contribution in [1.82, 2.24) is 9.55 Å². The Kier molecular flexibility index (Phi) is 10.4. The fraction of sp³-hybridized carbons (Fsp3) is 0.200. The molecule has 0 aliphatic carbocycles. The number of methoxy groups -OCH3 is 2. The number of H-pyrrole nitrogens is 1. The third-order valence-corrected chi connectivity index (χ3v) is 10.2. The first-order valence-electron chi connectivity index (χ1n) is 18.2. The van der Waals surface area contributed by atoms with Crippen molar-refractivity contribution in [2.45, 2.75) is 29.6 Å². The van der Waals surface area contributed by atoms with Crippen molar-refractivity contribution in [3.05, 3.63) is 188 Å². The van der Waals surface area contributed by atoms with Gasteiger partial charge in [-0.2, -0.15) is 10.2 Å². The SMILES string of the molecule is COc1ccc(C(OC[C@@]23CO[C@@H]([C@H](n4cc(C#Cc5ccc(N=Nc6ccccc6)cc5)c(=O)[nH]c4=O)O2)[C@@H]3O)(c2ccccc2)c2ccc(OC)cc2)cc1. The van der Waals surface area contributed by atoms with E-state index in [1.807, 2.05) is 109 Å². The van der Waals surface area contributed by atoms with Gasteiger partial charge in [0.25, 0.3) is 5.56 Å². The van der Waals surface area contributed by atoms with Crippen molar-refractivity contribution in [2.24, 2.45) is 10.2 Å². The number of rotatable bonds is 11. The summed E-state index contributed by atoms with van der Waals surface area (Å²) < 4.78 is 31.9. The molecule has 0 radical (unpaired) electrons. The second-order valence-electron chi connectivity index (χ2n) is 13.6. The zero-order chi connectivity index (χ0) is 39.4. The van der Waals surface area contributed by atoms with Crippen molar-refractivity contribution < 1.29 is 28.8 Å². The zero-order valence-corrected chi connectivity index (χ0v) is 31.1. The van der Waals surface area contributed by atoms with E-state index in [9.17, 15) is 14.7 Å². The number of ether oxygens (including phenoxy) is 5. The number of benzene rings is 5. The summed E-state index contributed by atoms with van der Waals surface area (Å²) in [5, 5.41) is 20.2. The van der Waals surface area contributed by atoms with Gasteiger partial charge in [-0.3, -0.25) is 14.3 Å². The minimum atomic E-state index is -1.38. The highest BCUT2D eigenvalue weighted by Crippen LogP contribution is 2.48. The largest absolute Gasteiger partial charge is 0.497 e. The molecule has 1 aromatic heterocycles. The fourth-order valence-corrected chi connectivity index (χ4v) is 7.17. The minimum Gasteiger partial charge on any atom is -0.497 e. The molecule has 0 saturated carbocycles. The molecule has 0 amide bonds. The molecule has 12 nitrogen and oxygen atoms in total. The lowest BCUT2D eigenvalue weighted by Gasteiger charge is -2.39. The predicted octanol–water partition coefficient (Wildman–Crippen LogP) is 6.41. The first-order valence-corrected chi connectivity index (χ1v) is 18.2. The Morgan fingerprint density at radius 2 is 1.33 bits per heavy atom. The molecule has 6 aromatic rings. The Bertz CT molecular complexity index is 2500. The summed E-state index contributed by atoms with van der Waals surface area (Å²) in [6.45, 7) is -0.142. The maximum absolute atomic E-state index is 13.3. The molecule has 57 heavy (non-hydrogen) atoms. The zero-order valence-electron chi connectivity index (χ0n) is 31.1. The van der Waals surface area contributed by atoms with Gasteiger partial charge in [-0.1, -0.05) is 84.6 Å². The van der Waals surface area contributed by atoms with Crippen molar-refractivity contribution >= 4 is 11.4 Å². The van der Waals surface area contributed by atoms with Crippen LogP contribution in [0.4, 0.5) is 11.4 Å². The molecule has 0 spiro atoms. The van der Waals surface area contributed by atoms with E-state index in [-0.39, 0.29) is 18.8 Å². The minimum absolute atomic E-state index is 0.00287. The number of aromatic nitrogens is 2. The van der Waals surface area contributed by atoms with Crippen LogP contribution in [0.15, 0.2) is 159 Å². The van der Waals surface area contributed by atoms with Crippen LogP contribution in [-0.2, 0) is 19.8 Å². The first-order chi connectivity index (χ1) is 27.8. The van der Waals surface area contributed by atoms with E-state index < -0.39 is 40.9 Å². The molecule has 2 N–H and O–H groups in total. The van der Waals surface area contributed by atoms with Crippen LogP contribution in [0.3, 0.4) is 0 Å². The number of nitrogens with zero attached hydrogens (tertiary/aromatic N) is 3. The quantitative estimate of drug-likeness (QED) is 0.0876. The average Bonchev–Trinajstić information content (AvgIpc) is 3.72. The lowest BCUT2D eigenvalue weighted by Crippen LogP contribution is -2.48. The molecule has 2 fully saturated rings. The Hall–Kier alpha value is -6.62. The number of aliphatic hydroxyl groups excluding tert-OH is 1. The first kappa shape index (κ1) is 37.3. The Morgan fingerprint density at radius 3 is 1.93 bits per heavy atom. The van der Waals surface area contributed by atoms with E-state index >= 15 is 0 Å². The lowest BCUT2D eigenvalue weighted by molar-refractivity contribution is -0.204. The third kappa shape index (κ3) is 7.28. The number of aromatic amines is 1. The lowest BCUT2D eigenvalue weighted by atomic mass is 9.79. The molecule has 5 aromatic carbocycles. The number of aliphatic hydroxyl groups is 1. The highest BCUT2D eigenvalue weighted by molar-refractivity contribution is 5.50. The van der Waals surface area contributed by atoms with Crippen LogP contribution in [0.5, 0.6) is 11.5 Å². The van der Waals surface area contributed by atoms with Crippen LogP contribution >= 0.6 is 0 Å². The van der Waals surface area contributed by atoms with Crippen LogP contribution in [0, 0.1) is 11.8 Å². The predicted molar refractivity (Wildman–Crippen MR) is 211 cm³/mol. The van der Waals surface area contributed by atoms with E-state index in [1.54, 1.807) is 38.5 Å². The van der Waals surface area contributed by atoms with Crippen LogP contribution in [0.25, 0.3) is 0 Å². The third-order valence-electron chi connectivity index (χ3n) is 10.2. The summed E-state index contributed by atoms with van der Waals surface area (Å²) >= 11 is 0. The summed E-state index contributed by atoms with van der Waals surface area (Å²) in [6.07, 6.45) is -1.89. The molecule has 2 bridgehead atoms. The smallest absolute Gasteiger partial charge is 0.330 e. The van der Waals surface area contributed by atoms with E-state index in [2.05, 4.69) is 27.1 Å². The molecule has 2 aliphatic heterocycles. The van der Waals surface area contributed by atoms with Gasteiger partial charge >= 0.3 is 5.69 Å². The molecule has 8 rings (SSSR count). The van der Waals surface area contributed by atoms with E-state index in [1.165, 1.54) is 10.8 Å². The van der Waals surface area contributed by atoms with Gasteiger partial charge in [-0.05, 0) is 77.4 Å². The highest BCUT2D eigenvalue weighted by Gasteiger charge is 2.63. The van der Waals surface area contributed by atoms with E-state index in [0.717, 1.165) is 22.4 Å². The number of fused-ring (bicyclic) bond motifs is 2. The fourth-order valence-electron chi connectivity index (χ4n) is 7.17. The summed E-state index contributed by atoms with van der Waals surface area (Å²) in [6, 6.07) is 41.4. The Balaban J connectivity index is 1.09. The Labute approximate surface area is 327 Å². The summed E-state index contributed by atoms with van der Waals surface area (Å²) in [5.74, 6) is 7.19. The molecule has 0 unspecified atom stereocenters. The Morgan fingerprint density at radius 1 is 0.772 bits per heavy atom. The molecule has 286 valence electrons. The van der Waals surface area contributed by atoms with Gasteiger partial charge < -0.3 is 28.8 Å². The maximum Gasteiger partial charge on any atom is 0.330 e. The number of hydrogen-bond donors (Lipinski definition) is 2. The van der Waals surface area contributed by atoms with Crippen molar-refractivity contribution in [3.63, 3.8) is 0 Å². The van der Waals surface area contributed by atoms with Crippen LogP contribution < -0.4 is 20.7 Å². The van der Waals surface area contributed by atoms with Crippen LogP contribution in [0.1, 0.15) is 34.0 Å². The van der Waals surface area contributed by atoms with Gasteiger partial charge in [-0.25, -0.2) is 4.79 Å². The molecule has 4 atom stereocenters. The topological polar surface area (TPSA) is 146 Å². The second kappa shape index (κ2) is 15.9. The van der Waals surface area contributed by atoms with Crippen molar-refractivity contribution in [1.29, 1.82) is 0 Å². The molecule has 2 saturated heterocycles. The molecular weight excluding hydrogens is 725 g/mol. The van der Waals surface area contributed by atoms with Crippen molar-refractivity contribution in [3.8, 4) is 23.3 Å². The van der Waals surface area contributed by atoms with Gasteiger partial charge in [0.15, 0.2) is 6.23 Å². The summed E-state index contributed by atoms with van der Waals surface area (Å²) in [7, 11) is 3.21. The number of hydrogen-bond acceptors (Lipinski definition) is 10. The van der Waals surface area contributed by atoms with Gasteiger partial charge in [0.05, 0.1) is 38.8 Å². The molecule has 2 aliphatic rings. The monoisotopic (exact) mass is 762 g/mol. The van der Waals surface area contributed by atoms with Gasteiger partial charge in [0, 0.05) is 11.8 Å². The second-order valence-corrected chi connectivity index (χ2v) is 13.6. The van der Waals surface area contributed by atoms with Gasteiger partial charge in [0.1, 0.15) is 40.5 Å². The van der Waals surface area contributed by atoms with Crippen LogP contribution in [-0.4, -0.2) is 59.9 Å². The van der Waals surface area contributed by atoms with Gasteiger partial charge in [0.2, 0.25) is 0 Å². The normalized spacial score (nSPS) is 19.9. The summed E-state index contributed by atoms with van der Waals surface area (Å²) in [4.78, 5) is 28.6. The number of azo groups is 1. The summed E-state index contributed by atoms with van der Waals surface area (Å²) in [5.41, 5.74) is 0.437. The maximum atomic E-state index is 13.3. The van der Waals surface area contributed by atoms with E-state index in [4.69, 9.17) is 23.7 Å². The van der Waals surface area contributed by atoms with Crippen molar-refractivity contribution in [2.75, 3.05) is 27.4 Å². The number of nitrogens with one attached hydrogen (secondary N) is 1. The molecular formula is C45H38N4O8.